The summed E-state index contributed by atoms with van der Waals surface area (Å²) in [5.41, 5.74) is 4.12. The van der Waals surface area contributed by atoms with Crippen LogP contribution in [0.3, 0.4) is 0 Å². The van der Waals surface area contributed by atoms with Crippen LogP contribution in [0.4, 0.5) is 10.1 Å². The molecule has 0 fully saturated rings. The molecule has 5 nitrogen and oxygen atoms in total. The first-order valence-electron chi connectivity index (χ1n) is 8.63. The maximum absolute atomic E-state index is 12.9. The van der Waals surface area contributed by atoms with Gasteiger partial charge in [-0.25, -0.2) is 9.82 Å². The first-order chi connectivity index (χ1) is 13.6. The van der Waals surface area contributed by atoms with Crippen molar-refractivity contribution in [2.45, 2.75) is 0 Å². The molecule has 0 aliphatic carbocycles. The van der Waals surface area contributed by atoms with Gasteiger partial charge < -0.3 is 0 Å². The second kappa shape index (κ2) is 9.23. The van der Waals surface area contributed by atoms with Crippen LogP contribution in [-0.4, -0.2) is 24.6 Å². The van der Waals surface area contributed by atoms with Gasteiger partial charge in [0.2, 0.25) is 0 Å². The van der Waals surface area contributed by atoms with Crippen LogP contribution >= 0.6 is 0 Å². The first-order valence-corrected chi connectivity index (χ1v) is 8.63. The molecule has 0 aliphatic rings. The first kappa shape index (κ1) is 19.0. The van der Waals surface area contributed by atoms with Crippen LogP contribution in [0.5, 0.6) is 0 Å². The van der Waals surface area contributed by atoms with Crippen LogP contribution in [0.25, 0.3) is 0 Å². The molecule has 0 heterocycles. The Balaban J connectivity index is 1.71. The average molecular weight is 375 g/mol. The fourth-order valence-electron chi connectivity index (χ4n) is 2.53. The van der Waals surface area contributed by atoms with Crippen LogP contribution < -0.4 is 10.3 Å². The summed E-state index contributed by atoms with van der Waals surface area (Å²) in [7, 11) is 0. The number of nitrogens with zero attached hydrogens (tertiary/aromatic N) is 2. The van der Waals surface area contributed by atoms with E-state index in [1.54, 1.807) is 60.7 Å². The largest absolute Gasteiger partial charge is 0.299 e. The quantitative estimate of drug-likeness (QED) is 0.528. The van der Waals surface area contributed by atoms with E-state index in [1.165, 1.54) is 23.2 Å². The van der Waals surface area contributed by atoms with Crippen molar-refractivity contribution in [3.05, 3.63) is 102 Å². The van der Waals surface area contributed by atoms with Gasteiger partial charge >= 0.3 is 0 Å². The van der Waals surface area contributed by atoms with E-state index >= 15 is 0 Å². The molecule has 2 amide bonds. The van der Waals surface area contributed by atoms with Gasteiger partial charge in [0.15, 0.2) is 0 Å². The predicted molar refractivity (Wildman–Crippen MR) is 107 cm³/mol. The molecule has 0 aromatic heterocycles. The molecular formula is C22H18FN3O2. The summed E-state index contributed by atoms with van der Waals surface area (Å²) in [5, 5.41) is 3.87. The Labute approximate surface area is 162 Å². The number of hydrogen-bond donors (Lipinski definition) is 1. The van der Waals surface area contributed by atoms with Crippen molar-refractivity contribution >= 4 is 23.7 Å². The number of rotatable bonds is 6. The van der Waals surface area contributed by atoms with E-state index in [-0.39, 0.29) is 18.3 Å². The Morgan fingerprint density at radius 2 is 1.50 bits per heavy atom. The molecule has 140 valence electrons. The van der Waals surface area contributed by atoms with Gasteiger partial charge in [-0.1, -0.05) is 48.5 Å². The van der Waals surface area contributed by atoms with Crippen molar-refractivity contribution in [3.63, 3.8) is 0 Å². The molecule has 3 aromatic carbocycles. The number of carbonyl (C=O) groups is 2. The highest BCUT2D eigenvalue weighted by Gasteiger charge is 2.20. The number of para-hydroxylation sites is 1. The van der Waals surface area contributed by atoms with Gasteiger partial charge in [0.1, 0.15) is 12.4 Å². The minimum absolute atomic E-state index is 0.196. The number of hydrazone groups is 1. The third-order valence-electron chi connectivity index (χ3n) is 3.91. The summed E-state index contributed by atoms with van der Waals surface area (Å²) < 4.78 is 12.9. The maximum Gasteiger partial charge on any atom is 0.260 e. The molecule has 0 unspecified atom stereocenters. The minimum Gasteiger partial charge on any atom is -0.299 e. The van der Waals surface area contributed by atoms with Crippen molar-refractivity contribution in [1.82, 2.24) is 5.43 Å². The van der Waals surface area contributed by atoms with E-state index in [9.17, 15) is 14.0 Å². The highest BCUT2D eigenvalue weighted by molar-refractivity contribution is 6.08. The fraction of sp³-hybridized carbons (Fsp3) is 0.0455. The number of halogens is 1. The van der Waals surface area contributed by atoms with Crippen LogP contribution in [-0.2, 0) is 4.79 Å². The van der Waals surface area contributed by atoms with Crippen LogP contribution in [0.2, 0.25) is 0 Å². The second-order valence-corrected chi connectivity index (χ2v) is 5.94. The van der Waals surface area contributed by atoms with Crippen LogP contribution in [0.1, 0.15) is 15.9 Å². The average Bonchev–Trinajstić information content (AvgIpc) is 2.74. The smallest absolute Gasteiger partial charge is 0.260 e. The molecule has 6 heteroatoms. The molecule has 0 aliphatic heterocycles. The van der Waals surface area contributed by atoms with E-state index in [0.29, 0.717) is 16.8 Å². The second-order valence-electron chi connectivity index (χ2n) is 5.94. The van der Waals surface area contributed by atoms with Crippen molar-refractivity contribution in [3.8, 4) is 0 Å². The maximum atomic E-state index is 12.9. The van der Waals surface area contributed by atoms with Gasteiger partial charge in [-0.3, -0.25) is 14.5 Å². The van der Waals surface area contributed by atoms with Crippen molar-refractivity contribution in [2.24, 2.45) is 5.10 Å². The molecule has 0 atom stereocenters. The molecule has 1 N–H and O–H groups in total. The Bertz CT molecular complexity index is 958. The number of nitrogens with one attached hydrogen (secondary N) is 1. The third kappa shape index (κ3) is 5.11. The van der Waals surface area contributed by atoms with Gasteiger partial charge in [0.25, 0.3) is 11.8 Å². The number of anilines is 1. The highest BCUT2D eigenvalue weighted by Crippen LogP contribution is 2.16. The third-order valence-corrected chi connectivity index (χ3v) is 3.91. The molecular weight excluding hydrogens is 357 g/mol. The lowest BCUT2D eigenvalue weighted by Gasteiger charge is -2.22. The lowest BCUT2D eigenvalue weighted by molar-refractivity contribution is -0.119. The van der Waals surface area contributed by atoms with Gasteiger partial charge in [-0.05, 0) is 42.0 Å². The summed E-state index contributed by atoms with van der Waals surface area (Å²) in [5.74, 6) is -1.09. The monoisotopic (exact) mass is 375 g/mol. The number of benzene rings is 3. The van der Waals surface area contributed by atoms with Gasteiger partial charge in [0, 0.05) is 11.3 Å². The Hall–Kier alpha value is -3.80. The van der Waals surface area contributed by atoms with Crippen molar-refractivity contribution in [1.29, 1.82) is 0 Å². The van der Waals surface area contributed by atoms with Gasteiger partial charge in [-0.15, -0.1) is 0 Å². The minimum atomic E-state index is -0.452. The number of amides is 2. The normalized spacial score (nSPS) is 10.6. The zero-order valence-corrected chi connectivity index (χ0v) is 15.0. The molecule has 0 saturated heterocycles. The summed E-state index contributed by atoms with van der Waals surface area (Å²) in [6.45, 7) is -0.196. The predicted octanol–water partition coefficient (Wildman–Crippen LogP) is 3.62. The lowest BCUT2D eigenvalue weighted by atomic mass is 10.2. The molecule has 0 saturated carbocycles. The molecule has 0 spiro atoms. The topological polar surface area (TPSA) is 61.8 Å². The summed E-state index contributed by atoms with van der Waals surface area (Å²) >= 11 is 0. The van der Waals surface area contributed by atoms with Crippen molar-refractivity contribution < 1.29 is 14.0 Å². The van der Waals surface area contributed by atoms with Gasteiger partial charge in [0.05, 0.1) is 6.21 Å². The molecule has 0 bridgehead atoms. The summed E-state index contributed by atoms with van der Waals surface area (Å²) in [6.07, 6.45) is 1.41. The fourth-order valence-corrected chi connectivity index (χ4v) is 2.53. The Morgan fingerprint density at radius 3 is 2.14 bits per heavy atom. The number of carbonyl (C=O) groups excluding carboxylic acids is 2. The van der Waals surface area contributed by atoms with Crippen LogP contribution in [0, 0.1) is 5.82 Å². The van der Waals surface area contributed by atoms with Gasteiger partial charge in [-0.2, -0.15) is 5.10 Å². The molecule has 3 rings (SSSR count). The van der Waals surface area contributed by atoms with Crippen molar-refractivity contribution in [2.75, 3.05) is 11.4 Å². The standard InChI is InChI=1S/C22H18FN3O2/c23-19-13-11-17(12-14-19)15-24-25-21(27)16-26(20-9-5-2-6-10-20)22(28)18-7-3-1-4-8-18/h1-15H,16H2,(H,25,27). The molecule has 28 heavy (non-hydrogen) atoms. The zero-order chi connectivity index (χ0) is 19.8. The zero-order valence-electron chi connectivity index (χ0n) is 15.0. The molecule has 3 aromatic rings. The molecule has 0 radical (unpaired) electrons. The van der Waals surface area contributed by atoms with E-state index in [2.05, 4.69) is 10.5 Å². The SMILES string of the molecule is O=C(CN(C(=O)c1ccccc1)c1ccccc1)NN=Cc1ccc(F)cc1. The van der Waals surface area contributed by atoms with E-state index in [1.807, 2.05) is 12.1 Å². The van der Waals surface area contributed by atoms with E-state index in [0.717, 1.165) is 0 Å². The Kier molecular flexibility index (Phi) is 6.25. The van der Waals surface area contributed by atoms with E-state index in [4.69, 9.17) is 0 Å². The van der Waals surface area contributed by atoms with E-state index < -0.39 is 5.91 Å². The summed E-state index contributed by atoms with van der Waals surface area (Å²) in [6, 6.07) is 23.4. The number of hydrogen-bond acceptors (Lipinski definition) is 3. The summed E-state index contributed by atoms with van der Waals surface area (Å²) in [4.78, 5) is 26.6. The lowest BCUT2D eigenvalue weighted by Crippen LogP contribution is -2.39. The van der Waals surface area contributed by atoms with Crippen LogP contribution in [0.15, 0.2) is 90.0 Å². The Morgan fingerprint density at radius 1 is 0.893 bits per heavy atom. The highest BCUT2D eigenvalue weighted by atomic mass is 19.1.